The standard InChI is InChI=1S/C15H21N3O2S/c1-2-17-10-11(9-13(17)19)15(20)18-7-4-3-5-12(18)14-16-6-8-21-14/h6,8,11-12H,2-5,7,9-10H2,1H3/t11-,12+/m1/s1. The van der Waals surface area contributed by atoms with Gasteiger partial charge in [0.25, 0.3) is 0 Å². The maximum absolute atomic E-state index is 12.8. The van der Waals surface area contributed by atoms with Crippen LogP contribution < -0.4 is 0 Å². The first-order chi connectivity index (χ1) is 10.2. The summed E-state index contributed by atoms with van der Waals surface area (Å²) in [4.78, 5) is 32.8. The largest absolute Gasteiger partial charge is 0.342 e. The van der Waals surface area contributed by atoms with Crippen molar-refractivity contribution in [3.8, 4) is 0 Å². The van der Waals surface area contributed by atoms with Crippen LogP contribution in [0.3, 0.4) is 0 Å². The fourth-order valence-electron chi connectivity index (χ4n) is 3.33. The number of carbonyl (C=O) groups excluding carboxylic acids is 2. The molecule has 0 aliphatic carbocycles. The molecule has 21 heavy (non-hydrogen) atoms. The molecule has 0 radical (unpaired) electrons. The molecule has 0 aromatic carbocycles. The minimum absolute atomic E-state index is 0.108. The van der Waals surface area contributed by atoms with Crippen LogP contribution in [0.15, 0.2) is 11.6 Å². The Morgan fingerprint density at radius 2 is 2.33 bits per heavy atom. The molecule has 6 heteroatoms. The van der Waals surface area contributed by atoms with Gasteiger partial charge in [-0.05, 0) is 26.2 Å². The Morgan fingerprint density at radius 1 is 1.48 bits per heavy atom. The van der Waals surface area contributed by atoms with E-state index in [1.807, 2.05) is 17.2 Å². The van der Waals surface area contributed by atoms with Crippen LogP contribution in [0.4, 0.5) is 0 Å². The summed E-state index contributed by atoms with van der Waals surface area (Å²) in [5.41, 5.74) is 0. The van der Waals surface area contributed by atoms with Crippen LogP contribution in [0, 0.1) is 5.92 Å². The SMILES string of the molecule is CCN1C[C@H](C(=O)N2CCCC[C@H]2c2nccs2)CC1=O. The fraction of sp³-hybridized carbons (Fsp3) is 0.667. The molecular weight excluding hydrogens is 286 g/mol. The van der Waals surface area contributed by atoms with Crippen molar-refractivity contribution in [1.29, 1.82) is 0 Å². The number of aromatic nitrogens is 1. The molecule has 2 atom stereocenters. The fourth-order valence-corrected chi connectivity index (χ4v) is 4.11. The third kappa shape index (κ3) is 2.81. The van der Waals surface area contributed by atoms with E-state index in [0.29, 0.717) is 19.5 Å². The molecule has 0 N–H and O–H groups in total. The van der Waals surface area contributed by atoms with Gasteiger partial charge in [0, 0.05) is 37.6 Å². The van der Waals surface area contributed by atoms with Gasteiger partial charge >= 0.3 is 0 Å². The molecule has 0 bridgehead atoms. The first-order valence-electron chi connectivity index (χ1n) is 7.68. The van der Waals surface area contributed by atoms with Gasteiger partial charge in [-0.3, -0.25) is 9.59 Å². The quantitative estimate of drug-likeness (QED) is 0.859. The van der Waals surface area contributed by atoms with Gasteiger partial charge in [0.05, 0.1) is 12.0 Å². The van der Waals surface area contributed by atoms with E-state index in [2.05, 4.69) is 4.98 Å². The first-order valence-corrected chi connectivity index (χ1v) is 8.56. The number of thiazole rings is 1. The Balaban J connectivity index is 1.74. The molecule has 5 nitrogen and oxygen atoms in total. The number of amides is 2. The zero-order valence-corrected chi connectivity index (χ0v) is 13.1. The summed E-state index contributed by atoms with van der Waals surface area (Å²) in [6, 6.07) is 0.108. The summed E-state index contributed by atoms with van der Waals surface area (Å²) < 4.78 is 0. The van der Waals surface area contributed by atoms with Gasteiger partial charge in [-0.2, -0.15) is 0 Å². The van der Waals surface area contributed by atoms with E-state index in [9.17, 15) is 9.59 Å². The number of rotatable bonds is 3. The van der Waals surface area contributed by atoms with Crippen molar-refractivity contribution >= 4 is 23.2 Å². The highest BCUT2D eigenvalue weighted by atomic mass is 32.1. The van der Waals surface area contributed by atoms with Crippen molar-refractivity contribution in [3.63, 3.8) is 0 Å². The Morgan fingerprint density at radius 3 is 3.00 bits per heavy atom. The van der Waals surface area contributed by atoms with E-state index in [0.717, 1.165) is 30.8 Å². The molecule has 3 heterocycles. The Bertz CT molecular complexity index is 517. The summed E-state index contributed by atoms with van der Waals surface area (Å²) in [6.07, 6.45) is 5.34. The second-order valence-corrected chi connectivity index (χ2v) is 6.67. The summed E-state index contributed by atoms with van der Waals surface area (Å²) in [5.74, 6) is 0.0795. The highest BCUT2D eigenvalue weighted by molar-refractivity contribution is 7.09. The van der Waals surface area contributed by atoms with E-state index >= 15 is 0 Å². The second kappa shape index (κ2) is 6.13. The van der Waals surface area contributed by atoms with Crippen LogP contribution in [-0.2, 0) is 9.59 Å². The minimum Gasteiger partial charge on any atom is -0.342 e. The molecule has 0 spiro atoms. The van der Waals surface area contributed by atoms with Gasteiger partial charge in [-0.15, -0.1) is 11.3 Å². The molecule has 2 amide bonds. The Labute approximate surface area is 129 Å². The van der Waals surface area contributed by atoms with Gasteiger partial charge in [0.1, 0.15) is 5.01 Å². The van der Waals surface area contributed by atoms with Crippen molar-refractivity contribution in [3.05, 3.63) is 16.6 Å². The normalized spacial score (nSPS) is 26.4. The van der Waals surface area contributed by atoms with E-state index in [4.69, 9.17) is 0 Å². The molecule has 2 saturated heterocycles. The summed E-state index contributed by atoms with van der Waals surface area (Å²) >= 11 is 1.62. The third-order valence-electron chi connectivity index (χ3n) is 4.47. The van der Waals surface area contributed by atoms with Gasteiger partial charge in [-0.25, -0.2) is 4.98 Å². The minimum atomic E-state index is -0.169. The lowest BCUT2D eigenvalue weighted by Gasteiger charge is -2.36. The predicted molar refractivity (Wildman–Crippen MR) is 80.8 cm³/mol. The van der Waals surface area contributed by atoms with Crippen LogP contribution in [0.5, 0.6) is 0 Å². The van der Waals surface area contributed by atoms with E-state index in [-0.39, 0.29) is 23.8 Å². The lowest BCUT2D eigenvalue weighted by Crippen LogP contribution is -2.42. The molecule has 0 unspecified atom stereocenters. The molecular formula is C15H21N3O2S. The maximum atomic E-state index is 12.8. The first kappa shape index (κ1) is 14.5. The average molecular weight is 307 g/mol. The number of hydrogen-bond donors (Lipinski definition) is 0. The zero-order chi connectivity index (χ0) is 14.8. The van der Waals surface area contributed by atoms with E-state index < -0.39 is 0 Å². The van der Waals surface area contributed by atoms with Gasteiger partial charge in [0.2, 0.25) is 11.8 Å². The monoisotopic (exact) mass is 307 g/mol. The number of nitrogens with zero attached hydrogens (tertiary/aromatic N) is 3. The molecule has 1 aromatic rings. The van der Waals surface area contributed by atoms with Crippen molar-refractivity contribution in [1.82, 2.24) is 14.8 Å². The lowest BCUT2D eigenvalue weighted by molar-refractivity contribution is -0.139. The third-order valence-corrected chi connectivity index (χ3v) is 5.34. The predicted octanol–water partition coefficient (Wildman–Crippen LogP) is 2.07. The number of likely N-dealkylation sites (tertiary alicyclic amines) is 2. The summed E-state index contributed by atoms with van der Waals surface area (Å²) in [6.45, 7) is 4.03. The smallest absolute Gasteiger partial charge is 0.228 e. The highest BCUT2D eigenvalue weighted by Gasteiger charge is 2.39. The number of hydrogen-bond acceptors (Lipinski definition) is 4. The molecule has 1 aromatic heterocycles. The van der Waals surface area contributed by atoms with Crippen molar-refractivity contribution in [2.24, 2.45) is 5.92 Å². The molecule has 2 fully saturated rings. The van der Waals surface area contributed by atoms with Crippen LogP contribution in [0.2, 0.25) is 0 Å². The van der Waals surface area contributed by atoms with Gasteiger partial charge in [-0.1, -0.05) is 0 Å². The van der Waals surface area contributed by atoms with Crippen molar-refractivity contribution in [2.75, 3.05) is 19.6 Å². The van der Waals surface area contributed by atoms with E-state index in [1.165, 1.54) is 0 Å². The Hall–Kier alpha value is -1.43. The Kier molecular flexibility index (Phi) is 4.24. The molecule has 2 aliphatic rings. The zero-order valence-electron chi connectivity index (χ0n) is 12.3. The number of carbonyl (C=O) groups is 2. The number of piperidine rings is 1. The molecule has 3 rings (SSSR count). The van der Waals surface area contributed by atoms with Crippen LogP contribution in [-0.4, -0.2) is 46.2 Å². The second-order valence-electron chi connectivity index (χ2n) is 5.75. The average Bonchev–Trinajstić information content (AvgIpc) is 3.15. The van der Waals surface area contributed by atoms with Gasteiger partial charge < -0.3 is 9.80 Å². The molecule has 0 saturated carbocycles. The van der Waals surface area contributed by atoms with Gasteiger partial charge in [0.15, 0.2) is 0 Å². The molecule has 114 valence electrons. The summed E-state index contributed by atoms with van der Waals surface area (Å²) in [7, 11) is 0. The van der Waals surface area contributed by atoms with Crippen LogP contribution in [0.1, 0.15) is 43.7 Å². The lowest BCUT2D eigenvalue weighted by atomic mass is 9.99. The topological polar surface area (TPSA) is 53.5 Å². The highest BCUT2D eigenvalue weighted by Crippen LogP contribution is 2.34. The van der Waals surface area contributed by atoms with Crippen LogP contribution in [0.25, 0.3) is 0 Å². The van der Waals surface area contributed by atoms with Crippen molar-refractivity contribution in [2.45, 2.75) is 38.6 Å². The molecule has 2 aliphatic heterocycles. The maximum Gasteiger partial charge on any atom is 0.228 e. The van der Waals surface area contributed by atoms with E-state index in [1.54, 1.807) is 22.4 Å². The van der Waals surface area contributed by atoms with Crippen LogP contribution >= 0.6 is 11.3 Å². The van der Waals surface area contributed by atoms with Crippen molar-refractivity contribution < 1.29 is 9.59 Å². The summed E-state index contributed by atoms with van der Waals surface area (Å²) in [5, 5.41) is 2.99.